The van der Waals surface area contributed by atoms with Crippen molar-refractivity contribution in [1.29, 1.82) is 0 Å². The maximum Gasteiger partial charge on any atom is 0.135 e. The fraction of sp³-hybridized carbons (Fsp3) is 0.263. The first-order valence-electron chi connectivity index (χ1n) is 21.8. The summed E-state index contributed by atoms with van der Waals surface area (Å²) in [5, 5.41) is 2.24. The molecular weight excluding hydrogens is 952 g/mol. The van der Waals surface area contributed by atoms with E-state index in [1.807, 2.05) is 24.4 Å². The Balaban J connectivity index is 0.00000544. The van der Waals surface area contributed by atoms with Gasteiger partial charge in [0.15, 0.2) is 0 Å². The van der Waals surface area contributed by atoms with E-state index in [0.29, 0.717) is 11.5 Å². The van der Waals surface area contributed by atoms with Crippen LogP contribution in [-0.4, -0.2) is 9.55 Å². The number of aromatic nitrogens is 2. The van der Waals surface area contributed by atoms with Crippen molar-refractivity contribution in [2.45, 2.75) is 97.8 Å². The van der Waals surface area contributed by atoms with Gasteiger partial charge in [0.05, 0.1) is 0 Å². The summed E-state index contributed by atoms with van der Waals surface area (Å²) < 4.78 is 8.93. The van der Waals surface area contributed by atoms with E-state index in [1.54, 1.807) is 0 Å². The van der Waals surface area contributed by atoms with Gasteiger partial charge >= 0.3 is 0 Å². The number of rotatable bonds is 7. The van der Waals surface area contributed by atoms with E-state index in [4.69, 9.17) is 9.72 Å². The minimum atomic E-state index is -0.196. The van der Waals surface area contributed by atoms with Crippen molar-refractivity contribution < 1.29 is 25.8 Å². The zero-order valence-electron chi connectivity index (χ0n) is 38.4. The third-order valence-corrected chi connectivity index (χ3v) is 12.5. The van der Waals surface area contributed by atoms with Crippen molar-refractivity contribution in [3.63, 3.8) is 0 Å². The molecule has 0 aliphatic carbocycles. The quantitative estimate of drug-likeness (QED) is 0.149. The van der Waals surface area contributed by atoms with Gasteiger partial charge in [0, 0.05) is 66.8 Å². The van der Waals surface area contributed by atoms with E-state index < -0.39 is 0 Å². The predicted octanol–water partition coefficient (Wildman–Crippen LogP) is 15.2. The number of pyridine rings is 1. The zero-order chi connectivity index (χ0) is 43.8. The van der Waals surface area contributed by atoms with E-state index in [9.17, 15) is 0 Å². The normalized spacial score (nSPS) is 13.4. The number of benzene rings is 6. The van der Waals surface area contributed by atoms with Crippen LogP contribution in [-0.2, 0) is 42.7 Å². The van der Waals surface area contributed by atoms with Crippen molar-refractivity contribution >= 4 is 44.6 Å². The SMILES string of the molecule is CC(C)(C)c1cc(N2[CH-]N(c3[c-]c(Oc4[c-]c5c(cc4)c4cc(C(C)(C)c6ccccc6)ccc4n5-c4cc(C(C)(C)C)ccn4)ccc3)c3ccccc32)cc(C(C)(C)C)c1.[Pt]. The van der Waals surface area contributed by atoms with E-state index >= 15 is 0 Å². The Morgan fingerprint density at radius 1 is 0.508 bits per heavy atom. The van der Waals surface area contributed by atoms with Crippen LogP contribution in [0.25, 0.3) is 27.6 Å². The van der Waals surface area contributed by atoms with Crippen LogP contribution in [0.5, 0.6) is 11.5 Å². The third kappa shape index (κ3) is 8.33. The summed E-state index contributed by atoms with van der Waals surface area (Å²) in [4.78, 5) is 9.45. The van der Waals surface area contributed by atoms with Crippen molar-refractivity contribution in [2.24, 2.45) is 0 Å². The number of nitrogens with zero attached hydrogens (tertiary/aromatic N) is 4. The average Bonchev–Trinajstić information content (AvgIpc) is 3.79. The van der Waals surface area contributed by atoms with Gasteiger partial charge < -0.3 is 19.1 Å². The topological polar surface area (TPSA) is 33.5 Å². The largest absolute Gasteiger partial charge is 0.509 e. The van der Waals surface area contributed by atoms with Gasteiger partial charge in [0.25, 0.3) is 0 Å². The maximum absolute atomic E-state index is 6.69. The second-order valence-corrected chi connectivity index (χ2v) is 20.4. The average molecular weight is 1010 g/mol. The summed E-state index contributed by atoms with van der Waals surface area (Å²) in [6, 6.07) is 55.1. The molecule has 0 radical (unpaired) electrons. The standard InChI is InChI=1S/C57H57N4O.Pt/c1-54(2,3)39-28-29-58-53(34-39)61-49-27-24-40(57(10,11)38-18-13-12-14-19-38)33-48(49)47-26-25-46(36-52(47)61)62-45-21-17-20-43(35-45)59-37-60(51-23-16-15-22-50(51)59)44-31-41(55(4,5)6)30-42(32-44)56(7,8)9;/h12-34,37H,1-11H3;/q-3;. The fourth-order valence-corrected chi connectivity index (χ4v) is 8.52. The Kier molecular flexibility index (Phi) is 11.3. The molecule has 5 nitrogen and oxygen atoms in total. The number of fused-ring (bicyclic) bond motifs is 4. The Bertz CT molecular complexity index is 2930. The molecule has 0 fully saturated rings. The molecule has 8 aromatic rings. The summed E-state index contributed by atoms with van der Waals surface area (Å²) in [5.74, 6) is 2.06. The van der Waals surface area contributed by atoms with E-state index in [0.717, 1.165) is 50.4 Å². The molecule has 0 spiro atoms. The van der Waals surface area contributed by atoms with Gasteiger partial charge in [-0.1, -0.05) is 142 Å². The number of ether oxygens (including phenoxy) is 1. The molecule has 1 aliphatic heterocycles. The molecule has 2 aromatic heterocycles. The van der Waals surface area contributed by atoms with Gasteiger partial charge in [0.1, 0.15) is 5.82 Å². The van der Waals surface area contributed by atoms with Crippen molar-refractivity contribution in [3.8, 4) is 17.3 Å². The number of anilines is 4. The van der Waals surface area contributed by atoms with Crippen LogP contribution in [0.2, 0.25) is 0 Å². The first-order chi connectivity index (χ1) is 29.4. The van der Waals surface area contributed by atoms with Crippen LogP contribution in [0, 0.1) is 18.8 Å². The Morgan fingerprint density at radius 3 is 1.81 bits per heavy atom. The summed E-state index contributed by atoms with van der Waals surface area (Å²) in [6.45, 7) is 27.2. The minimum Gasteiger partial charge on any atom is -0.509 e. The Morgan fingerprint density at radius 2 is 1.14 bits per heavy atom. The molecule has 63 heavy (non-hydrogen) atoms. The van der Waals surface area contributed by atoms with E-state index in [-0.39, 0.29) is 42.7 Å². The van der Waals surface area contributed by atoms with Gasteiger partial charge in [-0.25, -0.2) is 4.98 Å². The van der Waals surface area contributed by atoms with Gasteiger partial charge in [-0.05, 0) is 91.9 Å². The summed E-state index contributed by atoms with van der Waals surface area (Å²) in [5.41, 5.74) is 12.3. The smallest absolute Gasteiger partial charge is 0.135 e. The first-order valence-corrected chi connectivity index (χ1v) is 21.8. The minimum absolute atomic E-state index is 0. The van der Waals surface area contributed by atoms with Crippen molar-refractivity contribution in [2.75, 3.05) is 9.80 Å². The molecule has 0 bridgehead atoms. The molecule has 9 rings (SSSR count). The molecule has 6 heteroatoms. The van der Waals surface area contributed by atoms with Gasteiger partial charge in [0.2, 0.25) is 0 Å². The molecule has 0 unspecified atom stereocenters. The molecule has 0 saturated heterocycles. The molecule has 0 amide bonds. The van der Waals surface area contributed by atoms with Crippen LogP contribution in [0.1, 0.15) is 104 Å². The molecule has 324 valence electrons. The van der Waals surface area contributed by atoms with Crippen LogP contribution in [0.15, 0.2) is 140 Å². The molecule has 6 aromatic carbocycles. The fourth-order valence-electron chi connectivity index (χ4n) is 8.52. The van der Waals surface area contributed by atoms with Crippen LogP contribution < -0.4 is 14.5 Å². The van der Waals surface area contributed by atoms with Crippen molar-refractivity contribution in [3.05, 3.63) is 186 Å². The van der Waals surface area contributed by atoms with Gasteiger partial charge in [-0.3, -0.25) is 0 Å². The number of hydrogen-bond acceptors (Lipinski definition) is 4. The first kappa shape index (κ1) is 44.0. The third-order valence-electron chi connectivity index (χ3n) is 12.5. The molecule has 0 N–H and O–H groups in total. The maximum atomic E-state index is 6.69. The summed E-state index contributed by atoms with van der Waals surface area (Å²) in [6.07, 6.45) is 1.92. The van der Waals surface area contributed by atoms with Crippen LogP contribution in [0.3, 0.4) is 0 Å². The Hall–Kier alpha value is -5.64. The number of hydrogen-bond donors (Lipinski definition) is 0. The summed E-state index contributed by atoms with van der Waals surface area (Å²) >= 11 is 0. The van der Waals surface area contributed by atoms with E-state index in [2.05, 4.69) is 225 Å². The van der Waals surface area contributed by atoms with Gasteiger partial charge in [-0.15, -0.1) is 48.1 Å². The molecule has 3 heterocycles. The van der Waals surface area contributed by atoms with Crippen molar-refractivity contribution in [1.82, 2.24) is 9.55 Å². The monoisotopic (exact) mass is 1010 g/mol. The van der Waals surface area contributed by atoms with Gasteiger partial charge in [-0.2, -0.15) is 12.1 Å². The zero-order valence-corrected chi connectivity index (χ0v) is 40.6. The van der Waals surface area contributed by atoms with E-state index in [1.165, 1.54) is 27.8 Å². The second-order valence-electron chi connectivity index (χ2n) is 20.4. The molecule has 0 saturated carbocycles. The van der Waals surface area contributed by atoms with Crippen LogP contribution >= 0.6 is 0 Å². The molecular formula is C57H57N4OPt-3. The predicted molar refractivity (Wildman–Crippen MR) is 259 cm³/mol. The van der Waals surface area contributed by atoms with Crippen LogP contribution in [0.4, 0.5) is 22.7 Å². The number of para-hydroxylation sites is 2. The molecule has 0 atom stereocenters. The molecule has 1 aliphatic rings. The second kappa shape index (κ2) is 16.2. The Labute approximate surface area is 389 Å². The summed E-state index contributed by atoms with van der Waals surface area (Å²) in [7, 11) is 0.